The number of anilines is 1. The van der Waals surface area contributed by atoms with Gasteiger partial charge in [0.2, 0.25) is 0 Å². The molecule has 0 aliphatic carbocycles. The SMILES string of the molecule is Cc1cccc(NC(=O)c2ccccc2SCC2CCCN3CCCCC23)c1C. The minimum Gasteiger partial charge on any atom is -0.322 e. The summed E-state index contributed by atoms with van der Waals surface area (Å²) in [7, 11) is 0. The third kappa shape index (κ3) is 4.70. The first-order valence-corrected chi connectivity index (χ1v) is 12.0. The van der Waals surface area contributed by atoms with Crippen LogP contribution in [0.2, 0.25) is 0 Å². The van der Waals surface area contributed by atoms with E-state index in [9.17, 15) is 4.79 Å². The Morgan fingerprint density at radius 3 is 2.76 bits per heavy atom. The Labute approximate surface area is 179 Å². The van der Waals surface area contributed by atoms with Gasteiger partial charge in [-0.2, -0.15) is 0 Å². The summed E-state index contributed by atoms with van der Waals surface area (Å²) in [6, 6.07) is 14.9. The molecule has 2 aromatic rings. The van der Waals surface area contributed by atoms with Crippen molar-refractivity contribution in [3.05, 3.63) is 59.2 Å². The van der Waals surface area contributed by atoms with E-state index in [1.165, 1.54) is 50.8 Å². The maximum atomic E-state index is 13.0. The molecule has 2 aliphatic rings. The van der Waals surface area contributed by atoms with Crippen molar-refractivity contribution in [2.75, 3.05) is 24.2 Å². The summed E-state index contributed by atoms with van der Waals surface area (Å²) in [5, 5.41) is 3.13. The van der Waals surface area contributed by atoms with Crippen LogP contribution < -0.4 is 5.32 Å². The summed E-state index contributed by atoms with van der Waals surface area (Å²) in [5.74, 6) is 1.84. The molecule has 154 valence electrons. The second-order valence-electron chi connectivity index (χ2n) is 8.51. The van der Waals surface area contributed by atoms with Crippen molar-refractivity contribution in [3.63, 3.8) is 0 Å². The van der Waals surface area contributed by atoms with Crippen LogP contribution in [-0.4, -0.2) is 35.7 Å². The molecule has 2 saturated heterocycles. The molecule has 2 aliphatic heterocycles. The number of hydrogen-bond acceptors (Lipinski definition) is 3. The monoisotopic (exact) mass is 408 g/mol. The highest BCUT2D eigenvalue weighted by atomic mass is 32.2. The Morgan fingerprint density at radius 1 is 1.03 bits per heavy atom. The van der Waals surface area contributed by atoms with Gasteiger partial charge in [0.15, 0.2) is 0 Å². The van der Waals surface area contributed by atoms with Crippen LogP contribution in [0.25, 0.3) is 0 Å². The van der Waals surface area contributed by atoms with Crippen LogP contribution in [-0.2, 0) is 0 Å². The minimum absolute atomic E-state index is 0.00950. The summed E-state index contributed by atoms with van der Waals surface area (Å²) in [6.07, 6.45) is 6.72. The van der Waals surface area contributed by atoms with Crippen molar-refractivity contribution in [3.8, 4) is 0 Å². The van der Waals surface area contributed by atoms with Crippen LogP contribution in [0, 0.1) is 19.8 Å². The molecule has 2 fully saturated rings. The van der Waals surface area contributed by atoms with E-state index in [4.69, 9.17) is 0 Å². The molecule has 3 nitrogen and oxygen atoms in total. The number of hydrogen-bond donors (Lipinski definition) is 1. The van der Waals surface area contributed by atoms with Crippen molar-refractivity contribution in [2.24, 2.45) is 5.92 Å². The Kier molecular flexibility index (Phi) is 6.61. The lowest BCUT2D eigenvalue weighted by Gasteiger charge is -2.44. The third-order valence-electron chi connectivity index (χ3n) is 6.67. The highest BCUT2D eigenvalue weighted by molar-refractivity contribution is 7.99. The topological polar surface area (TPSA) is 32.3 Å². The van der Waals surface area contributed by atoms with Crippen LogP contribution in [0.3, 0.4) is 0 Å². The lowest BCUT2D eigenvalue weighted by atomic mass is 9.85. The summed E-state index contributed by atoms with van der Waals surface area (Å²) in [6.45, 7) is 6.69. The molecule has 0 aromatic heterocycles. The highest BCUT2D eigenvalue weighted by Gasteiger charge is 2.33. The van der Waals surface area contributed by atoms with Crippen LogP contribution in [0.15, 0.2) is 47.4 Å². The second kappa shape index (κ2) is 9.36. The second-order valence-corrected chi connectivity index (χ2v) is 9.57. The Balaban J connectivity index is 1.45. The number of carbonyl (C=O) groups excluding carboxylic acids is 1. The van der Waals surface area contributed by atoms with Gasteiger partial charge < -0.3 is 10.2 Å². The number of rotatable bonds is 5. The standard InChI is InChI=1S/C25H32N2OS/c1-18-9-7-12-22(19(18)2)26-25(28)21-11-3-4-14-24(21)29-17-20-10-8-16-27-15-6-5-13-23(20)27/h3-4,7,9,11-12,14,20,23H,5-6,8,10,13,15-17H2,1-2H3,(H,26,28). The molecule has 2 unspecified atom stereocenters. The molecular formula is C25H32N2OS. The predicted octanol–water partition coefficient (Wildman–Crippen LogP) is 5.91. The van der Waals surface area contributed by atoms with Crippen LogP contribution in [0.1, 0.15) is 53.6 Å². The minimum atomic E-state index is -0.00950. The first-order chi connectivity index (χ1) is 14.1. The van der Waals surface area contributed by atoms with Gasteiger partial charge in [0, 0.05) is 22.4 Å². The first-order valence-electron chi connectivity index (χ1n) is 11.0. The average molecular weight is 409 g/mol. The summed E-state index contributed by atoms with van der Waals surface area (Å²) >= 11 is 1.87. The number of nitrogens with zero attached hydrogens (tertiary/aromatic N) is 1. The lowest BCUT2D eigenvalue weighted by molar-refractivity contribution is 0.0693. The molecule has 0 radical (unpaired) electrons. The summed E-state index contributed by atoms with van der Waals surface area (Å²) in [5.41, 5.74) is 4.01. The van der Waals surface area contributed by atoms with E-state index in [1.807, 2.05) is 42.1 Å². The fraction of sp³-hybridized carbons (Fsp3) is 0.480. The van der Waals surface area contributed by atoms with Gasteiger partial charge in [-0.05, 0) is 87.9 Å². The molecule has 0 saturated carbocycles. The Morgan fingerprint density at radius 2 is 1.86 bits per heavy atom. The molecule has 4 rings (SSSR count). The smallest absolute Gasteiger partial charge is 0.256 e. The van der Waals surface area contributed by atoms with Gasteiger partial charge in [-0.25, -0.2) is 0 Å². The largest absolute Gasteiger partial charge is 0.322 e. The maximum Gasteiger partial charge on any atom is 0.256 e. The average Bonchev–Trinajstić information content (AvgIpc) is 2.75. The number of nitrogens with one attached hydrogen (secondary N) is 1. The summed E-state index contributed by atoms with van der Waals surface area (Å²) in [4.78, 5) is 16.9. The maximum absolute atomic E-state index is 13.0. The first kappa shape index (κ1) is 20.5. The number of benzene rings is 2. The van der Waals surface area contributed by atoms with Crippen molar-refractivity contribution in [2.45, 2.75) is 56.9 Å². The zero-order chi connectivity index (χ0) is 20.2. The van der Waals surface area contributed by atoms with Crippen molar-refractivity contribution in [1.29, 1.82) is 0 Å². The van der Waals surface area contributed by atoms with Crippen molar-refractivity contribution < 1.29 is 4.79 Å². The molecule has 2 heterocycles. The lowest BCUT2D eigenvalue weighted by Crippen LogP contribution is -2.48. The number of carbonyl (C=O) groups is 1. The molecular weight excluding hydrogens is 376 g/mol. The number of fused-ring (bicyclic) bond motifs is 1. The predicted molar refractivity (Wildman–Crippen MR) is 123 cm³/mol. The van der Waals surface area contributed by atoms with E-state index >= 15 is 0 Å². The zero-order valence-corrected chi connectivity index (χ0v) is 18.4. The van der Waals surface area contributed by atoms with Gasteiger partial charge in [0.25, 0.3) is 5.91 Å². The molecule has 1 N–H and O–H groups in total. The van der Waals surface area contributed by atoms with E-state index in [0.29, 0.717) is 0 Å². The van der Waals surface area contributed by atoms with E-state index in [1.54, 1.807) is 0 Å². The van der Waals surface area contributed by atoms with Gasteiger partial charge >= 0.3 is 0 Å². The Hall–Kier alpha value is -1.78. The molecule has 0 bridgehead atoms. The number of piperidine rings is 2. The normalized spacial score (nSPS) is 22.1. The van der Waals surface area contributed by atoms with Crippen LogP contribution in [0.5, 0.6) is 0 Å². The molecule has 0 spiro atoms. The summed E-state index contributed by atoms with van der Waals surface area (Å²) < 4.78 is 0. The number of thioether (sulfide) groups is 1. The van der Waals surface area contributed by atoms with E-state index in [2.05, 4.69) is 36.2 Å². The van der Waals surface area contributed by atoms with E-state index in [0.717, 1.165) is 39.4 Å². The molecule has 1 amide bonds. The molecule has 2 aromatic carbocycles. The zero-order valence-electron chi connectivity index (χ0n) is 17.6. The van der Waals surface area contributed by atoms with Gasteiger partial charge in [0.1, 0.15) is 0 Å². The van der Waals surface area contributed by atoms with E-state index < -0.39 is 0 Å². The van der Waals surface area contributed by atoms with Crippen LogP contribution >= 0.6 is 11.8 Å². The molecule has 2 atom stereocenters. The van der Waals surface area contributed by atoms with Gasteiger partial charge in [0.05, 0.1) is 5.56 Å². The van der Waals surface area contributed by atoms with Crippen molar-refractivity contribution in [1.82, 2.24) is 4.90 Å². The van der Waals surface area contributed by atoms with Crippen LogP contribution in [0.4, 0.5) is 5.69 Å². The Bertz CT molecular complexity index is 864. The van der Waals surface area contributed by atoms with Crippen molar-refractivity contribution >= 4 is 23.4 Å². The fourth-order valence-electron chi connectivity index (χ4n) is 4.82. The van der Waals surface area contributed by atoms with Gasteiger partial charge in [-0.3, -0.25) is 4.79 Å². The molecule has 4 heteroatoms. The highest BCUT2D eigenvalue weighted by Crippen LogP contribution is 2.35. The van der Waals surface area contributed by atoms with Gasteiger partial charge in [-0.1, -0.05) is 30.7 Å². The fourth-order valence-corrected chi connectivity index (χ4v) is 6.10. The van der Waals surface area contributed by atoms with E-state index in [-0.39, 0.29) is 5.91 Å². The number of aryl methyl sites for hydroxylation is 1. The number of amides is 1. The quantitative estimate of drug-likeness (QED) is 0.624. The van der Waals surface area contributed by atoms with Gasteiger partial charge in [-0.15, -0.1) is 11.8 Å². The third-order valence-corrected chi connectivity index (χ3v) is 7.93. The molecule has 29 heavy (non-hydrogen) atoms.